The summed E-state index contributed by atoms with van der Waals surface area (Å²) in [6.45, 7) is 6.42. The van der Waals surface area contributed by atoms with E-state index >= 15 is 0 Å². The molecule has 1 saturated heterocycles. The Balaban J connectivity index is 0.000000360. The second-order valence-electron chi connectivity index (χ2n) is 7.95. The van der Waals surface area contributed by atoms with E-state index in [4.69, 9.17) is 5.21 Å². The number of likely N-dealkylation sites (tertiary alicyclic amines) is 1. The quantitative estimate of drug-likeness (QED) is 0.414. The topological polar surface area (TPSA) is 52.6 Å². The lowest BCUT2D eigenvalue weighted by molar-refractivity contribution is -0.137. The number of hydrogen-bond donors (Lipinski definition) is 2. The highest BCUT2D eigenvalue weighted by Gasteiger charge is 2.45. The van der Waals surface area contributed by atoms with Gasteiger partial charge in [0.15, 0.2) is 0 Å². The summed E-state index contributed by atoms with van der Waals surface area (Å²) < 4.78 is 1.39. The molecular weight excluding hydrogens is 400 g/mol. The first-order valence-corrected chi connectivity index (χ1v) is 12.4. The number of hydroxylamine groups is 1. The first kappa shape index (κ1) is 23.9. The Labute approximate surface area is 183 Å². The van der Waals surface area contributed by atoms with Crippen LogP contribution in [-0.2, 0) is 11.2 Å². The van der Waals surface area contributed by atoms with Gasteiger partial charge in [-0.05, 0) is 54.9 Å². The molecule has 160 valence electrons. The second-order valence-corrected chi connectivity index (χ2v) is 10.0. The summed E-state index contributed by atoms with van der Waals surface area (Å²) in [6.07, 6.45) is 5.51. The van der Waals surface area contributed by atoms with Crippen molar-refractivity contribution in [3.63, 3.8) is 0 Å². The Bertz CT molecular complexity index is 707. The highest BCUT2D eigenvalue weighted by atomic mass is 32.2. The normalized spacial score (nSPS) is 18.8. The molecule has 2 heterocycles. The maximum absolute atomic E-state index is 12.9. The Morgan fingerprint density at radius 1 is 1.24 bits per heavy atom. The molecule has 0 saturated carbocycles. The first-order chi connectivity index (χ1) is 14.0. The first-order valence-electron chi connectivity index (χ1n) is 10.3. The Kier molecular flexibility index (Phi) is 10.2. The zero-order valence-corrected chi connectivity index (χ0v) is 19.4. The molecule has 1 aliphatic rings. The van der Waals surface area contributed by atoms with Crippen LogP contribution in [0.1, 0.15) is 38.7 Å². The third kappa shape index (κ3) is 7.45. The van der Waals surface area contributed by atoms with Gasteiger partial charge in [0.2, 0.25) is 5.91 Å². The zero-order chi connectivity index (χ0) is 21.1. The van der Waals surface area contributed by atoms with Crippen molar-refractivity contribution in [3.8, 4) is 0 Å². The molecule has 29 heavy (non-hydrogen) atoms. The Morgan fingerprint density at radius 3 is 2.55 bits per heavy atom. The fourth-order valence-corrected chi connectivity index (χ4v) is 5.21. The molecule has 0 bridgehead atoms. The van der Waals surface area contributed by atoms with Crippen molar-refractivity contribution in [1.29, 1.82) is 0 Å². The van der Waals surface area contributed by atoms with Crippen LogP contribution >= 0.6 is 23.1 Å². The SMILES string of the molecule is CC(C)CC1(CCNO)CCN(CCc2ccccc2)C1=O.CSc1cccs1. The molecule has 0 radical (unpaired) electrons. The maximum atomic E-state index is 12.9. The molecule has 1 atom stereocenters. The van der Waals surface area contributed by atoms with E-state index in [0.717, 1.165) is 32.4 Å². The van der Waals surface area contributed by atoms with Gasteiger partial charge >= 0.3 is 0 Å². The summed E-state index contributed by atoms with van der Waals surface area (Å²) in [7, 11) is 0. The second kappa shape index (κ2) is 12.4. The van der Waals surface area contributed by atoms with Gasteiger partial charge in [0.25, 0.3) is 0 Å². The smallest absolute Gasteiger partial charge is 0.228 e. The number of benzene rings is 1. The molecule has 1 aromatic heterocycles. The van der Waals surface area contributed by atoms with Crippen molar-refractivity contribution >= 4 is 29.0 Å². The van der Waals surface area contributed by atoms with Crippen LogP contribution in [0.2, 0.25) is 0 Å². The molecule has 1 amide bonds. The van der Waals surface area contributed by atoms with E-state index < -0.39 is 0 Å². The molecule has 2 aromatic rings. The van der Waals surface area contributed by atoms with Crippen LogP contribution in [0.25, 0.3) is 0 Å². The third-order valence-electron chi connectivity index (χ3n) is 5.32. The molecule has 0 aliphatic carbocycles. The monoisotopic (exact) mass is 434 g/mol. The molecule has 4 nitrogen and oxygen atoms in total. The molecule has 1 fully saturated rings. The van der Waals surface area contributed by atoms with E-state index in [-0.39, 0.29) is 11.3 Å². The minimum Gasteiger partial charge on any atom is -0.342 e. The lowest BCUT2D eigenvalue weighted by atomic mass is 9.76. The molecular formula is C23H34N2O2S2. The molecule has 6 heteroatoms. The fourth-order valence-electron chi connectivity index (χ4n) is 3.99. The number of rotatable bonds is 9. The van der Waals surface area contributed by atoms with Gasteiger partial charge in [-0.3, -0.25) is 4.79 Å². The molecule has 1 aliphatic heterocycles. The van der Waals surface area contributed by atoms with Gasteiger partial charge in [0.1, 0.15) is 0 Å². The molecule has 0 spiro atoms. The molecule has 1 unspecified atom stereocenters. The molecule has 1 aromatic carbocycles. The van der Waals surface area contributed by atoms with E-state index in [9.17, 15) is 4.79 Å². The van der Waals surface area contributed by atoms with Crippen LogP contribution in [0.5, 0.6) is 0 Å². The van der Waals surface area contributed by atoms with Crippen molar-refractivity contribution < 1.29 is 10.0 Å². The van der Waals surface area contributed by atoms with E-state index in [1.54, 1.807) is 23.1 Å². The van der Waals surface area contributed by atoms with Crippen molar-refractivity contribution in [2.24, 2.45) is 11.3 Å². The van der Waals surface area contributed by atoms with Gasteiger partial charge in [0.05, 0.1) is 9.62 Å². The maximum Gasteiger partial charge on any atom is 0.228 e. The van der Waals surface area contributed by atoms with Gasteiger partial charge in [-0.15, -0.1) is 23.1 Å². The minimum absolute atomic E-state index is 0.271. The largest absolute Gasteiger partial charge is 0.342 e. The minimum atomic E-state index is -0.291. The zero-order valence-electron chi connectivity index (χ0n) is 17.8. The van der Waals surface area contributed by atoms with E-state index in [1.807, 2.05) is 23.1 Å². The summed E-state index contributed by atoms with van der Waals surface area (Å²) in [4.78, 5) is 14.9. The van der Waals surface area contributed by atoms with Gasteiger partial charge < -0.3 is 10.1 Å². The standard InChI is InChI=1S/C18H28N2O2.C5H6S2/c1-15(2)14-18(9-11-19-22)10-13-20(17(18)21)12-8-16-6-4-3-5-7-16;1-6-5-3-2-4-7-5/h3-7,15,19,22H,8-14H2,1-2H3;2-4H,1H3. The van der Waals surface area contributed by atoms with Gasteiger partial charge in [0, 0.05) is 19.6 Å². The van der Waals surface area contributed by atoms with Crippen molar-refractivity contribution in [2.45, 2.75) is 43.7 Å². The molecule has 3 rings (SSSR count). The fraction of sp³-hybridized carbons (Fsp3) is 0.522. The van der Waals surface area contributed by atoms with Gasteiger partial charge in [-0.1, -0.05) is 50.2 Å². The average Bonchev–Trinajstić information content (AvgIpc) is 3.35. The number of hydrogen-bond acceptors (Lipinski definition) is 5. The lowest BCUT2D eigenvalue weighted by Crippen LogP contribution is -2.38. The van der Waals surface area contributed by atoms with Crippen LogP contribution in [0.3, 0.4) is 0 Å². The number of thiophene rings is 1. The van der Waals surface area contributed by atoms with Gasteiger partial charge in [-0.25, -0.2) is 5.48 Å². The van der Waals surface area contributed by atoms with E-state index in [0.29, 0.717) is 18.9 Å². The number of amides is 1. The number of thioether (sulfide) groups is 1. The summed E-state index contributed by atoms with van der Waals surface area (Å²) in [6, 6.07) is 14.5. The summed E-state index contributed by atoms with van der Waals surface area (Å²) in [5, 5.41) is 11.0. The van der Waals surface area contributed by atoms with Crippen LogP contribution in [0.4, 0.5) is 0 Å². The predicted molar refractivity (Wildman–Crippen MR) is 124 cm³/mol. The number of carbonyl (C=O) groups excluding carboxylic acids is 1. The Hall–Kier alpha value is -1.34. The lowest BCUT2D eigenvalue weighted by Gasteiger charge is -2.29. The van der Waals surface area contributed by atoms with Crippen molar-refractivity contribution in [1.82, 2.24) is 10.4 Å². The highest BCUT2D eigenvalue weighted by molar-refractivity contribution is 8.00. The number of carbonyl (C=O) groups is 1. The van der Waals surface area contributed by atoms with Crippen LogP contribution in [-0.4, -0.2) is 41.9 Å². The third-order valence-corrected chi connectivity index (χ3v) is 7.31. The molecule has 2 N–H and O–H groups in total. The summed E-state index contributed by atoms with van der Waals surface area (Å²) >= 11 is 3.58. The van der Waals surface area contributed by atoms with Crippen LogP contribution < -0.4 is 5.48 Å². The van der Waals surface area contributed by atoms with Crippen LogP contribution in [0, 0.1) is 11.3 Å². The van der Waals surface area contributed by atoms with Crippen molar-refractivity contribution in [2.75, 3.05) is 25.9 Å². The van der Waals surface area contributed by atoms with E-state index in [2.05, 4.69) is 55.2 Å². The Morgan fingerprint density at radius 2 is 2.00 bits per heavy atom. The van der Waals surface area contributed by atoms with Crippen LogP contribution in [0.15, 0.2) is 52.1 Å². The van der Waals surface area contributed by atoms with Crippen molar-refractivity contribution in [3.05, 3.63) is 53.4 Å². The number of nitrogens with zero attached hydrogens (tertiary/aromatic N) is 1. The van der Waals surface area contributed by atoms with E-state index in [1.165, 1.54) is 9.77 Å². The highest BCUT2D eigenvalue weighted by Crippen LogP contribution is 2.40. The average molecular weight is 435 g/mol. The predicted octanol–water partition coefficient (Wildman–Crippen LogP) is 5.33. The van der Waals surface area contributed by atoms with Gasteiger partial charge in [-0.2, -0.15) is 0 Å². The summed E-state index contributed by atoms with van der Waals surface area (Å²) in [5.74, 6) is 0.754. The summed E-state index contributed by atoms with van der Waals surface area (Å²) in [5.41, 5.74) is 3.20. The number of nitrogens with one attached hydrogen (secondary N) is 1.